The Balaban J connectivity index is 1.42. The van der Waals surface area contributed by atoms with Crippen molar-refractivity contribution < 1.29 is 4.79 Å². The van der Waals surface area contributed by atoms with Crippen LogP contribution >= 0.6 is 11.6 Å². The Kier molecular flexibility index (Phi) is 5.50. The smallest absolute Gasteiger partial charge is 0.230 e. The molecule has 2 fully saturated rings. The lowest BCUT2D eigenvalue weighted by atomic mass is 9.94. The molecule has 0 atom stereocenters. The highest BCUT2D eigenvalue weighted by Crippen LogP contribution is 2.33. The van der Waals surface area contributed by atoms with Crippen LogP contribution in [-0.2, 0) is 4.79 Å². The molecule has 1 saturated heterocycles. The molecule has 0 bridgehead atoms. The molecule has 2 aliphatic rings. The van der Waals surface area contributed by atoms with E-state index in [4.69, 9.17) is 16.9 Å². The molecule has 1 saturated carbocycles. The number of carbonyl (C=O) groups excluding carboxylic acids is 1. The molecule has 2 aromatic rings. The number of aromatic nitrogens is 1. The van der Waals surface area contributed by atoms with Gasteiger partial charge in [0.15, 0.2) is 0 Å². The highest BCUT2D eigenvalue weighted by Gasteiger charge is 2.33. The topological polar surface area (TPSA) is 60.2 Å². The van der Waals surface area contributed by atoms with Gasteiger partial charge >= 0.3 is 0 Å². The number of amides is 1. The summed E-state index contributed by atoms with van der Waals surface area (Å²) in [6, 6.07) is 13.4. The molecule has 1 aromatic heterocycles. The Labute approximate surface area is 170 Å². The lowest BCUT2D eigenvalue weighted by molar-refractivity contribution is -0.123. The number of pyridine rings is 1. The molecule has 2 heterocycles. The van der Waals surface area contributed by atoms with Gasteiger partial charge in [0, 0.05) is 42.5 Å². The number of halogens is 1. The van der Waals surface area contributed by atoms with Gasteiger partial charge in [0.05, 0.1) is 5.56 Å². The van der Waals surface area contributed by atoms with E-state index in [1.807, 2.05) is 35.2 Å². The van der Waals surface area contributed by atoms with Crippen molar-refractivity contribution in [2.45, 2.75) is 25.7 Å². The maximum absolute atomic E-state index is 13.3. The van der Waals surface area contributed by atoms with E-state index >= 15 is 0 Å². The standard InChI is InChI=1S/C22H23ClN4O/c23-19-4-6-20(7-5-19)27(15-16-1-2-16)22(28)18-9-11-26(12-10-18)21-8-3-17(13-24)14-25-21/h3-8,14,16,18H,1-2,9-12,15H2. The van der Waals surface area contributed by atoms with Gasteiger partial charge < -0.3 is 9.80 Å². The summed E-state index contributed by atoms with van der Waals surface area (Å²) in [6.45, 7) is 2.40. The zero-order chi connectivity index (χ0) is 19.5. The molecular formula is C22H23ClN4O. The number of hydrogen-bond donors (Lipinski definition) is 0. The van der Waals surface area contributed by atoms with Gasteiger partial charge in [-0.2, -0.15) is 5.26 Å². The third-order valence-corrected chi connectivity index (χ3v) is 5.84. The fourth-order valence-corrected chi connectivity index (χ4v) is 3.84. The number of benzene rings is 1. The second-order valence-electron chi connectivity index (χ2n) is 7.65. The molecule has 0 unspecified atom stereocenters. The normalized spacial score (nSPS) is 17.2. The van der Waals surface area contributed by atoms with Crippen LogP contribution in [-0.4, -0.2) is 30.5 Å². The van der Waals surface area contributed by atoms with Crippen molar-refractivity contribution in [3.63, 3.8) is 0 Å². The predicted octanol–water partition coefficient (Wildman–Crippen LogP) is 4.27. The fraction of sp³-hybridized carbons (Fsp3) is 0.409. The number of piperidine rings is 1. The molecular weight excluding hydrogens is 372 g/mol. The summed E-state index contributed by atoms with van der Waals surface area (Å²) in [5, 5.41) is 9.60. The molecule has 0 N–H and O–H groups in total. The van der Waals surface area contributed by atoms with Crippen LogP contribution in [0, 0.1) is 23.2 Å². The van der Waals surface area contributed by atoms with Crippen LogP contribution < -0.4 is 9.80 Å². The van der Waals surface area contributed by atoms with Crippen molar-refractivity contribution in [1.29, 1.82) is 5.26 Å². The monoisotopic (exact) mass is 394 g/mol. The number of carbonyl (C=O) groups is 1. The zero-order valence-corrected chi connectivity index (χ0v) is 16.5. The van der Waals surface area contributed by atoms with Gasteiger partial charge in [0.1, 0.15) is 11.9 Å². The lowest BCUT2D eigenvalue weighted by Gasteiger charge is -2.35. The van der Waals surface area contributed by atoms with E-state index in [0.29, 0.717) is 16.5 Å². The summed E-state index contributed by atoms with van der Waals surface area (Å²) in [7, 11) is 0. The van der Waals surface area contributed by atoms with Crippen LogP contribution in [0.15, 0.2) is 42.6 Å². The van der Waals surface area contributed by atoms with Crippen molar-refractivity contribution in [2.24, 2.45) is 11.8 Å². The average molecular weight is 395 g/mol. The summed E-state index contributed by atoms with van der Waals surface area (Å²) >= 11 is 6.02. The summed E-state index contributed by atoms with van der Waals surface area (Å²) in [4.78, 5) is 21.8. The van der Waals surface area contributed by atoms with E-state index in [2.05, 4.69) is 16.0 Å². The van der Waals surface area contributed by atoms with Gasteiger partial charge in [0.2, 0.25) is 5.91 Å². The summed E-state index contributed by atoms with van der Waals surface area (Å²) in [5.74, 6) is 1.76. The van der Waals surface area contributed by atoms with E-state index in [9.17, 15) is 4.79 Å². The molecule has 1 aliphatic heterocycles. The third kappa shape index (κ3) is 4.28. The minimum absolute atomic E-state index is 0.0315. The maximum atomic E-state index is 13.3. The zero-order valence-electron chi connectivity index (χ0n) is 15.7. The first kappa shape index (κ1) is 18.8. The Bertz CT molecular complexity index is 863. The molecule has 0 spiro atoms. The van der Waals surface area contributed by atoms with Gasteiger partial charge in [0.25, 0.3) is 0 Å². The number of anilines is 2. The Morgan fingerprint density at radius 1 is 1.14 bits per heavy atom. The second-order valence-corrected chi connectivity index (χ2v) is 8.08. The van der Waals surface area contributed by atoms with E-state index in [-0.39, 0.29) is 11.8 Å². The minimum atomic E-state index is 0.0315. The van der Waals surface area contributed by atoms with Gasteiger partial charge in [-0.3, -0.25) is 4.79 Å². The first-order chi connectivity index (χ1) is 13.6. The molecule has 6 heteroatoms. The number of hydrogen-bond acceptors (Lipinski definition) is 4. The maximum Gasteiger partial charge on any atom is 0.230 e. The van der Waals surface area contributed by atoms with Crippen LogP contribution in [0.4, 0.5) is 11.5 Å². The van der Waals surface area contributed by atoms with E-state index in [0.717, 1.165) is 44.0 Å². The first-order valence-electron chi connectivity index (χ1n) is 9.82. The summed E-state index contributed by atoms with van der Waals surface area (Å²) in [5.41, 5.74) is 1.50. The van der Waals surface area contributed by atoms with Crippen molar-refractivity contribution in [2.75, 3.05) is 29.4 Å². The van der Waals surface area contributed by atoms with Gasteiger partial charge in [-0.1, -0.05) is 11.6 Å². The molecule has 144 valence electrons. The van der Waals surface area contributed by atoms with E-state index in [1.165, 1.54) is 12.8 Å². The lowest BCUT2D eigenvalue weighted by Crippen LogP contribution is -2.43. The van der Waals surface area contributed by atoms with Crippen molar-refractivity contribution >= 4 is 29.0 Å². The highest BCUT2D eigenvalue weighted by atomic mass is 35.5. The molecule has 5 nitrogen and oxygen atoms in total. The van der Waals surface area contributed by atoms with Crippen molar-refractivity contribution in [3.8, 4) is 6.07 Å². The van der Waals surface area contributed by atoms with Crippen molar-refractivity contribution in [3.05, 3.63) is 53.2 Å². The minimum Gasteiger partial charge on any atom is -0.357 e. The number of nitrogens with zero attached hydrogens (tertiary/aromatic N) is 4. The van der Waals surface area contributed by atoms with Gasteiger partial charge in [-0.25, -0.2) is 4.98 Å². The molecule has 4 rings (SSSR count). The summed E-state index contributed by atoms with van der Waals surface area (Å²) < 4.78 is 0. The van der Waals surface area contributed by atoms with E-state index < -0.39 is 0 Å². The van der Waals surface area contributed by atoms with Gasteiger partial charge in [-0.15, -0.1) is 0 Å². The van der Waals surface area contributed by atoms with Gasteiger partial charge in [-0.05, 0) is 68.0 Å². The predicted molar refractivity (Wildman–Crippen MR) is 110 cm³/mol. The van der Waals surface area contributed by atoms with Crippen LogP contribution in [0.2, 0.25) is 5.02 Å². The van der Waals surface area contributed by atoms with Crippen LogP contribution in [0.3, 0.4) is 0 Å². The average Bonchev–Trinajstić information content (AvgIpc) is 3.57. The summed E-state index contributed by atoms with van der Waals surface area (Å²) in [6.07, 6.45) is 5.65. The molecule has 1 aliphatic carbocycles. The fourth-order valence-electron chi connectivity index (χ4n) is 3.72. The molecule has 28 heavy (non-hydrogen) atoms. The first-order valence-corrected chi connectivity index (χ1v) is 10.2. The van der Waals surface area contributed by atoms with Crippen LogP contribution in [0.25, 0.3) is 0 Å². The van der Waals surface area contributed by atoms with E-state index in [1.54, 1.807) is 12.3 Å². The Hall–Kier alpha value is -2.58. The number of rotatable bonds is 5. The second kappa shape index (κ2) is 8.20. The number of nitriles is 1. The molecule has 0 radical (unpaired) electrons. The van der Waals surface area contributed by atoms with Crippen molar-refractivity contribution in [1.82, 2.24) is 4.98 Å². The quantitative estimate of drug-likeness (QED) is 0.759. The highest BCUT2D eigenvalue weighted by molar-refractivity contribution is 6.30. The Morgan fingerprint density at radius 3 is 2.43 bits per heavy atom. The largest absolute Gasteiger partial charge is 0.357 e. The molecule has 1 amide bonds. The van der Waals surface area contributed by atoms with Crippen LogP contribution in [0.1, 0.15) is 31.2 Å². The third-order valence-electron chi connectivity index (χ3n) is 5.59. The molecule has 1 aromatic carbocycles. The SMILES string of the molecule is N#Cc1ccc(N2CCC(C(=O)N(CC3CC3)c3ccc(Cl)cc3)CC2)nc1. The Morgan fingerprint density at radius 2 is 1.86 bits per heavy atom. The van der Waals surface area contributed by atoms with Crippen LogP contribution in [0.5, 0.6) is 0 Å².